The lowest BCUT2D eigenvalue weighted by atomic mass is 10.0. The summed E-state index contributed by atoms with van der Waals surface area (Å²) in [5, 5.41) is 7.96. The van der Waals surface area contributed by atoms with E-state index in [2.05, 4.69) is 20.4 Å². The molecule has 1 fully saturated rings. The van der Waals surface area contributed by atoms with Gasteiger partial charge in [-0.2, -0.15) is 0 Å². The zero-order valence-electron chi connectivity index (χ0n) is 16.5. The molecule has 154 valence electrons. The average Bonchev–Trinajstić information content (AvgIpc) is 3.17. The van der Waals surface area contributed by atoms with E-state index in [0.29, 0.717) is 42.3 Å². The van der Waals surface area contributed by atoms with Crippen LogP contribution in [0.25, 0.3) is 5.69 Å². The highest BCUT2D eigenvalue weighted by Gasteiger charge is 2.26. The molecule has 1 aliphatic rings. The van der Waals surface area contributed by atoms with Crippen LogP contribution in [0.3, 0.4) is 0 Å². The molecule has 3 heterocycles. The van der Waals surface area contributed by atoms with Gasteiger partial charge in [-0.25, -0.2) is 9.67 Å². The first kappa shape index (κ1) is 20.0. The second kappa shape index (κ2) is 8.62. The third-order valence-electron chi connectivity index (χ3n) is 5.09. The van der Waals surface area contributed by atoms with Gasteiger partial charge in [0.1, 0.15) is 5.82 Å². The Morgan fingerprint density at radius 3 is 2.40 bits per heavy atom. The van der Waals surface area contributed by atoms with Crippen LogP contribution < -0.4 is 5.32 Å². The number of carbonyl (C=O) groups is 2. The number of rotatable bonds is 4. The lowest BCUT2D eigenvalue weighted by Gasteiger charge is -2.32. The van der Waals surface area contributed by atoms with Crippen molar-refractivity contribution >= 4 is 23.4 Å². The fraction of sp³-hybridized carbons (Fsp3) is 0.286. The van der Waals surface area contributed by atoms with Crippen LogP contribution in [0.1, 0.15) is 39.6 Å². The van der Waals surface area contributed by atoms with Crippen molar-refractivity contribution in [3.63, 3.8) is 0 Å². The van der Waals surface area contributed by atoms with Crippen LogP contribution in [0.2, 0.25) is 5.02 Å². The van der Waals surface area contributed by atoms with Gasteiger partial charge in [0.2, 0.25) is 5.82 Å². The van der Waals surface area contributed by atoms with E-state index in [9.17, 15) is 9.59 Å². The van der Waals surface area contributed by atoms with Gasteiger partial charge < -0.3 is 10.2 Å². The van der Waals surface area contributed by atoms with Gasteiger partial charge in [0.25, 0.3) is 11.8 Å². The van der Waals surface area contributed by atoms with Gasteiger partial charge in [0.05, 0.1) is 5.69 Å². The molecular weight excluding hydrogens is 404 g/mol. The second-order valence-corrected chi connectivity index (χ2v) is 7.58. The maximum absolute atomic E-state index is 12.6. The Labute approximate surface area is 178 Å². The summed E-state index contributed by atoms with van der Waals surface area (Å²) in [5.74, 6) is 0.406. The highest BCUT2D eigenvalue weighted by atomic mass is 35.5. The maximum atomic E-state index is 12.6. The summed E-state index contributed by atoms with van der Waals surface area (Å²) in [6.45, 7) is 2.96. The van der Waals surface area contributed by atoms with Crippen LogP contribution in [-0.4, -0.2) is 55.6 Å². The molecule has 9 heteroatoms. The summed E-state index contributed by atoms with van der Waals surface area (Å²) in [7, 11) is 0. The van der Waals surface area contributed by atoms with Crippen molar-refractivity contribution in [1.29, 1.82) is 0 Å². The Balaban J connectivity index is 1.36. The molecule has 1 aromatic carbocycles. The van der Waals surface area contributed by atoms with E-state index in [1.165, 1.54) is 0 Å². The van der Waals surface area contributed by atoms with Gasteiger partial charge in [0.15, 0.2) is 0 Å². The molecule has 0 unspecified atom stereocenters. The van der Waals surface area contributed by atoms with E-state index in [1.807, 2.05) is 12.1 Å². The van der Waals surface area contributed by atoms with E-state index in [0.717, 1.165) is 5.69 Å². The summed E-state index contributed by atoms with van der Waals surface area (Å²) >= 11 is 5.93. The second-order valence-electron chi connectivity index (χ2n) is 7.15. The van der Waals surface area contributed by atoms with Crippen molar-refractivity contribution in [2.45, 2.75) is 25.8 Å². The van der Waals surface area contributed by atoms with E-state index >= 15 is 0 Å². The number of nitrogens with one attached hydrogen (secondary N) is 1. The minimum atomic E-state index is -0.315. The van der Waals surface area contributed by atoms with Crippen LogP contribution >= 0.6 is 11.6 Å². The van der Waals surface area contributed by atoms with Crippen LogP contribution in [0.4, 0.5) is 0 Å². The highest BCUT2D eigenvalue weighted by molar-refractivity contribution is 6.30. The third-order valence-corrected chi connectivity index (χ3v) is 5.34. The summed E-state index contributed by atoms with van der Waals surface area (Å²) in [5.41, 5.74) is 1.41. The number of halogens is 1. The number of amides is 2. The third kappa shape index (κ3) is 4.33. The Kier molecular flexibility index (Phi) is 5.76. The molecule has 0 bridgehead atoms. The number of benzene rings is 1. The Bertz CT molecular complexity index is 1040. The monoisotopic (exact) mass is 424 g/mol. The molecule has 0 radical (unpaired) electrons. The molecular formula is C21H21ClN6O2. The molecule has 0 saturated carbocycles. The number of aromatic nitrogens is 4. The van der Waals surface area contributed by atoms with Gasteiger partial charge in [0, 0.05) is 42.1 Å². The first-order valence-electron chi connectivity index (χ1n) is 9.71. The topological polar surface area (TPSA) is 93.0 Å². The van der Waals surface area contributed by atoms with Gasteiger partial charge >= 0.3 is 0 Å². The SMILES string of the molecule is Cc1nc(C(=O)NC2CCN(C(=O)c3ccncc3)CC2)nn1-c1ccc(Cl)cc1. The van der Waals surface area contributed by atoms with Gasteiger partial charge in [-0.15, -0.1) is 5.10 Å². The Morgan fingerprint density at radius 2 is 1.73 bits per heavy atom. The van der Waals surface area contributed by atoms with Crippen LogP contribution in [0.5, 0.6) is 0 Å². The number of hydrogen-bond donors (Lipinski definition) is 1. The van der Waals surface area contributed by atoms with E-state index < -0.39 is 0 Å². The molecule has 1 aliphatic heterocycles. The number of likely N-dealkylation sites (tertiary alicyclic amines) is 1. The largest absolute Gasteiger partial charge is 0.346 e. The maximum Gasteiger partial charge on any atom is 0.291 e. The zero-order chi connectivity index (χ0) is 21.1. The normalized spacial score (nSPS) is 14.5. The van der Waals surface area contributed by atoms with Crippen LogP contribution in [0, 0.1) is 6.92 Å². The first-order valence-corrected chi connectivity index (χ1v) is 10.1. The quantitative estimate of drug-likeness (QED) is 0.695. The number of nitrogens with zero attached hydrogens (tertiary/aromatic N) is 5. The molecule has 2 aromatic heterocycles. The molecule has 0 spiro atoms. The van der Waals surface area contributed by atoms with E-state index in [1.54, 1.807) is 53.2 Å². The fourth-order valence-electron chi connectivity index (χ4n) is 3.47. The van der Waals surface area contributed by atoms with Gasteiger partial charge in [-0.05, 0) is 56.2 Å². The minimum Gasteiger partial charge on any atom is -0.346 e. The number of pyridine rings is 1. The highest BCUT2D eigenvalue weighted by Crippen LogP contribution is 2.16. The molecule has 30 heavy (non-hydrogen) atoms. The van der Waals surface area contributed by atoms with Crippen molar-refractivity contribution in [2.75, 3.05) is 13.1 Å². The minimum absolute atomic E-state index is 0.0128. The molecule has 2 amide bonds. The molecule has 8 nitrogen and oxygen atoms in total. The summed E-state index contributed by atoms with van der Waals surface area (Å²) < 4.78 is 1.61. The van der Waals surface area contributed by atoms with Crippen LogP contribution in [-0.2, 0) is 0 Å². The van der Waals surface area contributed by atoms with Gasteiger partial charge in [-0.3, -0.25) is 14.6 Å². The Morgan fingerprint density at radius 1 is 1.07 bits per heavy atom. The van der Waals surface area contributed by atoms with Crippen molar-refractivity contribution in [2.24, 2.45) is 0 Å². The number of aryl methyl sites for hydroxylation is 1. The van der Waals surface area contributed by atoms with E-state index in [-0.39, 0.29) is 23.7 Å². The predicted molar refractivity (Wildman–Crippen MR) is 112 cm³/mol. The molecule has 3 aromatic rings. The smallest absolute Gasteiger partial charge is 0.291 e. The Hall–Kier alpha value is -3.26. The summed E-state index contributed by atoms with van der Waals surface area (Å²) in [6.07, 6.45) is 4.58. The lowest BCUT2D eigenvalue weighted by molar-refractivity contribution is 0.0697. The fourth-order valence-corrected chi connectivity index (χ4v) is 3.59. The molecule has 1 N–H and O–H groups in total. The van der Waals surface area contributed by atoms with Crippen molar-refractivity contribution in [3.05, 3.63) is 71.0 Å². The van der Waals surface area contributed by atoms with Crippen molar-refractivity contribution in [3.8, 4) is 5.69 Å². The average molecular weight is 425 g/mol. The number of hydrogen-bond acceptors (Lipinski definition) is 5. The van der Waals surface area contributed by atoms with E-state index in [4.69, 9.17) is 11.6 Å². The first-order chi connectivity index (χ1) is 14.5. The molecule has 4 rings (SSSR count). The molecule has 0 atom stereocenters. The van der Waals surface area contributed by atoms with Gasteiger partial charge in [-0.1, -0.05) is 11.6 Å². The summed E-state index contributed by atoms with van der Waals surface area (Å²) in [4.78, 5) is 35.2. The number of piperidine rings is 1. The molecule has 1 saturated heterocycles. The molecule has 0 aliphatic carbocycles. The lowest BCUT2D eigenvalue weighted by Crippen LogP contribution is -2.46. The predicted octanol–water partition coefficient (Wildman–Crippen LogP) is 2.66. The van der Waals surface area contributed by atoms with Crippen molar-refractivity contribution < 1.29 is 9.59 Å². The van der Waals surface area contributed by atoms with Crippen LogP contribution in [0.15, 0.2) is 48.8 Å². The zero-order valence-corrected chi connectivity index (χ0v) is 17.2. The standard InChI is InChI=1S/C21H21ClN6O2/c1-14-24-19(26-28(14)18-4-2-16(22)3-5-18)20(29)25-17-8-12-27(13-9-17)21(30)15-6-10-23-11-7-15/h2-7,10-11,17H,8-9,12-13H2,1H3,(H,25,29). The summed E-state index contributed by atoms with van der Waals surface area (Å²) in [6, 6.07) is 10.6. The number of carbonyl (C=O) groups excluding carboxylic acids is 2. The van der Waals surface area contributed by atoms with Crippen molar-refractivity contribution in [1.82, 2.24) is 30.0 Å².